The van der Waals surface area contributed by atoms with Crippen molar-refractivity contribution < 1.29 is 4.79 Å². The lowest BCUT2D eigenvalue weighted by Crippen LogP contribution is -2.05. The Balaban J connectivity index is 2.16. The second-order valence-corrected chi connectivity index (χ2v) is 4.61. The van der Waals surface area contributed by atoms with E-state index < -0.39 is 0 Å². The number of carbonyl (C=O) groups is 1. The minimum absolute atomic E-state index is 0.182. The van der Waals surface area contributed by atoms with Gasteiger partial charge in [0.05, 0.1) is 5.69 Å². The van der Waals surface area contributed by atoms with E-state index in [1.807, 2.05) is 0 Å². The average Bonchev–Trinajstić information content (AvgIpc) is 2.75. The molecule has 0 spiro atoms. The van der Waals surface area contributed by atoms with Crippen LogP contribution in [0.4, 0.5) is 5.69 Å². The van der Waals surface area contributed by atoms with Crippen LogP contribution in [0, 0.1) is 0 Å². The Hall–Kier alpha value is -2.33. The van der Waals surface area contributed by atoms with Crippen LogP contribution >= 0.6 is 11.6 Å². The minimum atomic E-state index is -0.182. The first-order valence-electron chi connectivity index (χ1n) is 5.68. The molecule has 2 heterocycles. The molecule has 94 valence electrons. The number of nitrogens with zero attached hydrogens (tertiary/aromatic N) is 1. The number of nitrogen functional groups attached to an aromatic ring is 1. The quantitative estimate of drug-likeness (QED) is 0.704. The summed E-state index contributed by atoms with van der Waals surface area (Å²) in [5, 5.41) is 1.38. The lowest BCUT2D eigenvalue weighted by atomic mass is 10.1. The van der Waals surface area contributed by atoms with Gasteiger partial charge in [0.2, 0.25) is 5.78 Å². The van der Waals surface area contributed by atoms with Gasteiger partial charge in [-0.15, -0.1) is 0 Å². The van der Waals surface area contributed by atoms with Crippen molar-refractivity contribution in [2.45, 2.75) is 0 Å². The summed E-state index contributed by atoms with van der Waals surface area (Å²) in [6.45, 7) is 0. The highest BCUT2D eigenvalue weighted by atomic mass is 35.5. The Bertz CT molecular complexity index is 765. The number of aromatic nitrogens is 2. The Morgan fingerprint density at radius 1 is 1.32 bits per heavy atom. The average molecular weight is 272 g/mol. The van der Waals surface area contributed by atoms with Crippen molar-refractivity contribution in [3.05, 3.63) is 59.0 Å². The van der Waals surface area contributed by atoms with E-state index >= 15 is 0 Å². The Labute approximate surface area is 114 Å². The second-order valence-electron chi connectivity index (χ2n) is 4.17. The first kappa shape index (κ1) is 11.7. The number of anilines is 1. The lowest BCUT2D eigenvalue weighted by Gasteiger charge is -1.99. The highest BCUT2D eigenvalue weighted by molar-refractivity contribution is 6.31. The molecule has 0 amide bonds. The van der Waals surface area contributed by atoms with Crippen molar-refractivity contribution >= 4 is 34.0 Å². The maximum absolute atomic E-state index is 12.3. The molecule has 1 aromatic carbocycles. The van der Waals surface area contributed by atoms with Crippen molar-refractivity contribution in [1.82, 2.24) is 9.97 Å². The van der Waals surface area contributed by atoms with Crippen LogP contribution in [0.1, 0.15) is 16.1 Å². The standard InChI is InChI=1S/C14H10ClN3O/c15-9-3-4-10-11(6-9)18-13(12(10)16)14(19)8-2-1-5-17-7-8/h1-7,18H,16H2. The fourth-order valence-electron chi connectivity index (χ4n) is 2.01. The molecule has 0 aliphatic carbocycles. The molecule has 0 aliphatic heterocycles. The molecule has 2 aromatic heterocycles. The molecule has 19 heavy (non-hydrogen) atoms. The third-order valence-corrected chi connectivity index (χ3v) is 3.19. The van der Waals surface area contributed by atoms with Crippen LogP contribution in [-0.2, 0) is 0 Å². The summed E-state index contributed by atoms with van der Waals surface area (Å²) in [5.74, 6) is -0.182. The molecule has 0 radical (unpaired) electrons. The van der Waals surface area contributed by atoms with Crippen LogP contribution in [0.5, 0.6) is 0 Å². The Morgan fingerprint density at radius 3 is 2.89 bits per heavy atom. The fourth-order valence-corrected chi connectivity index (χ4v) is 2.18. The van der Waals surface area contributed by atoms with Gasteiger partial charge < -0.3 is 10.7 Å². The number of H-pyrrole nitrogens is 1. The van der Waals surface area contributed by atoms with Crippen LogP contribution < -0.4 is 5.73 Å². The smallest absolute Gasteiger partial charge is 0.212 e. The van der Waals surface area contributed by atoms with Crippen LogP contribution in [0.3, 0.4) is 0 Å². The normalized spacial score (nSPS) is 10.8. The number of ketones is 1. The molecule has 0 saturated carbocycles. The third kappa shape index (κ3) is 1.96. The number of nitrogens with one attached hydrogen (secondary N) is 1. The van der Waals surface area contributed by atoms with Crippen molar-refractivity contribution in [1.29, 1.82) is 0 Å². The van der Waals surface area contributed by atoms with E-state index in [2.05, 4.69) is 9.97 Å². The van der Waals surface area contributed by atoms with Gasteiger partial charge >= 0.3 is 0 Å². The highest BCUT2D eigenvalue weighted by Gasteiger charge is 2.17. The maximum Gasteiger partial charge on any atom is 0.212 e. The van der Waals surface area contributed by atoms with E-state index in [-0.39, 0.29) is 5.78 Å². The number of halogens is 1. The number of hydrogen-bond acceptors (Lipinski definition) is 3. The molecular formula is C14H10ClN3O. The summed E-state index contributed by atoms with van der Waals surface area (Å²) in [4.78, 5) is 19.3. The van der Waals surface area contributed by atoms with E-state index in [9.17, 15) is 4.79 Å². The largest absolute Gasteiger partial charge is 0.396 e. The van der Waals surface area contributed by atoms with Gasteiger partial charge in [0, 0.05) is 33.9 Å². The first-order valence-corrected chi connectivity index (χ1v) is 6.06. The number of aromatic amines is 1. The van der Waals surface area contributed by atoms with Crippen molar-refractivity contribution in [2.75, 3.05) is 5.73 Å². The van der Waals surface area contributed by atoms with Crippen LogP contribution in [0.15, 0.2) is 42.7 Å². The van der Waals surface area contributed by atoms with E-state index in [0.29, 0.717) is 22.0 Å². The number of carbonyl (C=O) groups excluding carboxylic acids is 1. The van der Waals surface area contributed by atoms with Gasteiger partial charge in [-0.2, -0.15) is 0 Å². The van der Waals surface area contributed by atoms with Crippen molar-refractivity contribution in [2.24, 2.45) is 0 Å². The Kier molecular flexibility index (Phi) is 2.72. The molecule has 0 atom stereocenters. The second kappa shape index (κ2) is 4.40. The molecule has 3 rings (SSSR count). The van der Waals surface area contributed by atoms with E-state index in [1.54, 1.807) is 36.5 Å². The van der Waals surface area contributed by atoms with Gasteiger partial charge in [-0.1, -0.05) is 11.6 Å². The van der Waals surface area contributed by atoms with Gasteiger partial charge in [0.1, 0.15) is 5.69 Å². The molecule has 5 heteroatoms. The van der Waals surface area contributed by atoms with E-state index in [4.69, 9.17) is 17.3 Å². The van der Waals surface area contributed by atoms with Crippen molar-refractivity contribution in [3.8, 4) is 0 Å². The van der Waals surface area contributed by atoms with Gasteiger partial charge in [0.15, 0.2) is 0 Å². The summed E-state index contributed by atoms with van der Waals surface area (Å²) in [7, 11) is 0. The molecule has 0 unspecified atom stereocenters. The van der Waals surface area contributed by atoms with E-state index in [0.717, 1.165) is 10.9 Å². The monoisotopic (exact) mass is 271 g/mol. The number of nitrogens with two attached hydrogens (primary N) is 1. The summed E-state index contributed by atoms with van der Waals surface area (Å²) in [6.07, 6.45) is 3.13. The SMILES string of the molecule is Nc1c(C(=O)c2cccnc2)[nH]c2cc(Cl)ccc12. The molecule has 3 N–H and O–H groups in total. The zero-order valence-corrected chi connectivity index (χ0v) is 10.6. The summed E-state index contributed by atoms with van der Waals surface area (Å²) >= 11 is 5.92. The highest BCUT2D eigenvalue weighted by Crippen LogP contribution is 2.28. The molecule has 0 fully saturated rings. The number of rotatable bonds is 2. The summed E-state index contributed by atoms with van der Waals surface area (Å²) in [6, 6.07) is 8.69. The topological polar surface area (TPSA) is 71.8 Å². The molecule has 0 bridgehead atoms. The predicted octanol–water partition coefficient (Wildman–Crippen LogP) is 3.03. The molecule has 0 aliphatic rings. The van der Waals surface area contributed by atoms with Gasteiger partial charge in [-0.05, 0) is 30.3 Å². The predicted molar refractivity (Wildman–Crippen MR) is 75.4 cm³/mol. The van der Waals surface area contributed by atoms with Crippen molar-refractivity contribution in [3.63, 3.8) is 0 Å². The zero-order valence-electron chi connectivity index (χ0n) is 9.85. The number of hydrogen-bond donors (Lipinski definition) is 2. The third-order valence-electron chi connectivity index (χ3n) is 2.95. The first-order chi connectivity index (χ1) is 9.16. The lowest BCUT2D eigenvalue weighted by molar-refractivity contribution is 0.103. The zero-order chi connectivity index (χ0) is 13.4. The number of fused-ring (bicyclic) bond motifs is 1. The maximum atomic E-state index is 12.3. The van der Waals surface area contributed by atoms with Crippen LogP contribution in [-0.4, -0.2) is 15.8 Å². The Morgan fingerprint density at radius 2 is 2.16 bits per heavy atom. The van der Waals surface area contributed by atoms with Gasteiger partial charge in [-0.25, -0.2) is 0 Å². The molecule has 0 saturated heterocycles. The summed E-state index contributed by atoms with van der Waals surface area (Å²) < 4.78 is 0. The van der Waals surface area contributed by atoms with E-state index in [1.165, 1.54) is 6.20 Å². The number of pyridine rings is 1. The minimum Gasteiger partial charge on any atom is -0.396 e. The summed E-state index contributed by atoms with van der Waals surface area (Å²) in [5.41, 5.74) is 8.05. The fraction of sp³-hybridized carbons (Fsp3) is 0. The number of benzene rings is 1. The van der Waals surface area contributed by atoms with Gasteiger partial charge in [-0.3, -0.25) is 9.78 Å². The van der Waals surface area contributed by atoms with Gasteiger partial charge in [0.25, 0.3) is 0 Å². The van der Waals surface area contributed by atoms with Crippen LogP contribution in [0.25, 0.3) is 10.9 Å². The molecule has 4 nitrogen and oxygen atoms in total. The molecular weight excluding hydrogens is 262 g/mol. The van der Waals surface area contributed by atoms with Crippen LogP contribution in [0.2, 0.25) is 5.02 Å². The molecule has 3 aromatic rings.